The van der Waals surface area contributed by atoms with Gasteiger partial charge in [0, 0.05) is 48.1 Å². The number of rotatable bonds is 6. The van der Waals surface area contributed by atoms with Crippen LogP contribution in [0, 0.1) is 6.92 Å². The molecule has 0 bridgehead atoms. The first-order chi connectivity index (χ1) is 20.3. The second-order valence-electron chi connectivity index (χ2n) is 11.1. The van der Waals surface area contributed by atoms with Crippen LogP contribution < -0.4 is 16.2 Å². The molecule has 6 rings (SSSR count). The van der Waals surface area contributed by atoms with Crippen LogP contribution in [-0.4, -0.2) is 58.8 Å². The van der Waals surface area contributed by atoms with Gasteiger partial charge in [-0.25, -0.2) is 4.98 Å². The van der Waals surface area contributed by atoms with Crippen molar-refractivity contribution in [1.29, 1.82) is 0 Å². The fourth-order valence-corrected chi connectivity index (χ4v) is 6.84. The van der Waals surface area contributed by atoms with Gasteiger partial charge in [0.05, 0.1) is 10.6 Å². The van der Waals surface area contributed by atoms with Gasteiger partial charge in [-0.1, -0.05) is 24.3 Å². The lowest BCUT2D eigenvalue weighted by molar-refractivity contribution is -0.139. The third-order valence-corrected chi connectivity index (χ3v) is 9.43. The quantitative estimate of drug-likeness (QED) is 0.291. The Morgan fingerprint density at radius 1 is 1.05 bits per heavy atom. The zero-order chi connectivity index (χ0) is 29.4. The number of anilines is 3. The van der Waals surface area contributed by atoms with Crippen LogP contribution in [-0.2, 0) is 17.6 Å². The van der Waals surface area contributed by atoms with E-state index in [1.54, 1.807) is 22.4 Å². The molecular weight excluding hydrogens is 548 g/mol. The van der Waals surface area contributed by atoms with E-state index in [0.717, 1.165) is 41.0 Å². The van der Waals surface area contributed by atoms with Gasteiger partial charge in [-0.05, 0) is 80.6 Å². The predicted octanol–water partition coefficient (Wildman–Crippen LogP) is 5.13. The lowest BCUT2D eigenvalue weighted by Gasteiger charge is -2.37. The SMILES string of the molecule is Cc1c(NC(=O)c2cc3c(s2)CCCC3)cccc1-c1c[nH]c(=O)c(Nc2ccc(C3C(=O)N(C)CCN3C)cc2)n1. The maximum Gasteiger partial charge on any atom is 0.291 e. The average Bonchev–Trinajstić information content (AvgIpc) is 3.43. The molecule has 1 atom stereocenters. The molecule has 2 aromatic heterocycles. The molecule has 1 fully saturated rings. The summed E-state index contributed by atoms with van der Waals surface area (Å²) >= 11 is 1.59. The van der Waals surface area contributed by atoms with Gasteiger partial charge in [0.15, 0.2) is 5.82 Å². The van der Waals surface area contributed by atoms with E-state index < -0.39 is 0 Å². The maximum atomic E-state index is 13.1. The Morgan fingerprint density at radius 3 is 2.62 bits per heavy atom. The number of amides is 2. The molecule has 2 amide bonds. The molecule has 9 nitrogen and oxygen atoms in total. The van der Waals surface area contributed by atoms with E-state index >= 15 is 0 Å². The molecule has 2 aromatic carbocycles. The normalized spacial score (nSPS) is 17.2. The minimum absolute atomic E-state index is 0.0681. The number of fused-ring (bicyclic) bond motifs is 1. The number of nitrogens with zero attached hydrogens (tertiary/aromatic N) is 3. The van der Waals surface area contributed by atoms with Crippen molar-refractivity contribution in [2.45, 2.75) is 38.6 Å². The highest BCUT2D eigenvalue weighted by atomic mass is 32.1. The largest absolute Gasteiger partial charge is 0.343 e. The number of H-pyrrole nitrogens is 1. The highest BCUT2D eigenvalue weighted by Crippen LogP contribution is 2.32. The van der Waals surface area contributed by atoms with Gasteiger partial charge in [-0.2, -0.15) is 0 Å². The summed E-state index contributed by atoms with van der Waals surface area (Å²) in [7, 11) is 3.78. The molecule has 1 aliphatic heterocycles. The second kappa shape index (κ2) is 11.5. The summed E-state index contributed by atoms with van der Waals surface area (Å²) in [5, 5.41) is 6.20. The van der Waals surface area contributed by atoms with Gasteiger partial charge in [-0.3, -0.25) is 19.3 Å². The van der Waals surface area contributed by atoms with Crippen molar-refractivity contribution < 1.29 is 9.59 Å². The number of aromatic amines is 1. The Balaban J connectivity index is 1.21. The summed E-state index contributed by atoms with van der Waals surface area (Å²) in [6, 6.07) is 14.9. The third-order valence-electron chi connectivity index (χ3n) is 8.19. The van der Waals surface area contributed by atoms with E-state index in [1.807, 2.05) is 74.4 Å². The number of carbonyl (C=O) groups is 2. The molecule has 0 radical (unpaired) electrons. The first-order valence-corrected chi connectivity index (χ1v) is 15.0. The Morgan fingerprint density at radius 2 is 1.83 bits per heavy atom. The Bertz CT molecular complexity index is 1690. The summed E-state index contributed by atoms with van der Waals surface area (Å²) in [5.41, 5.74) is 5.47. The molecule has 4 aromatic rings. The topological polar surface area (TPSA) is 110 Å². The molecule has 42 heavy (non-hydrogen) atoms. The predicted molar refractivity (Wildman–Crippen MR) is 167 cm³/mol. The van der Waals surface area contributed by atoms with Crippen molar-refractivity contribution in [3.63, 3.8) is 0 Å². The fraction of sp³-hybridized carbons (Fsp3) is 0.312. The molecule has 0 saturated carbocycles. The monoisotopic (exact) mass is 582 g/mol. The molecule has 216 valence electrons. The van der Waals surface area contributed by atoms with E-state index in [1.165, 1.54) is 23.3 Å². The number of carbonyl (C=O) groups excluding carboxylic acids is 2. The number of aromatic nitrogens is 2. The highest BCUT2D eigenvalue weighted by molar-refractivity contribution is 7.14. The summed E-state index contributed by atoms with van der Waals surface area (Å²) in [6.07, 6.45) is 6.04. The average molecular weight is 583 g/mol. The Hall–Kier alpha value is -4.28. The van der Waals surface area contributed by atoms with Gasteiger partial charge in [0.1, 0.15) is 6.04 Å². The number of thiophene rings is 1. The van der Waals surface area contributed by atoms with Gasteiger partial charge in [0.25, 0.3) is 11.5 Å². The molecular formula is C32H34N6O3S. The van der Waals surface area contributed by atoms with Crippen molar-refractivity contribution in [3.8, 4) is 11.3 Å². The van der Waals surface area contributed by atoms with Crippen molar-refractivity contribution in [2.24, 2.45) is 0 Å². The van der Waals surface area contributed by atoms with Gasteiger partial charge in [0.2, 0.25) is 5.91 Å². The highest BCUT2D eigenvalue weighted by Gasteiger charge is 2.31. The van der Waals surface area contributed by atoms with Crippen LogP contribution in [0.25, 0.3) is 11.3 Å². The number of hydrogen-bond acceptors (Lipinski definition) is 7. The first-order valence-electron chi connectivity index (χ1n) is 14.2. The molecule has 1 unspecified atom stereocenters. The molecule has 2 aliphatic rings. The van der Waals surface area contributed by atoms with Gasteiger partial charge < -0.3 is 20.5 Å². The van der Waals surface area contributed by atoms with E-state index in [0.29, 0.717) is 23.6 Å². The number of benzene rings is 2. The van der Waals surface area contributed by atoms with Crippen LogP contribution in [0.2, 0.25) is 0 Å². The minimum Gasteiger partial charge on any atom is -0.343 e. The van der Waals surface area contributed by atoms with E-state index in [4.69, 9.17) is 0 Å². The summed E-state index contributed by atoms with van der Waals surface area (Å²) < 4.78 is 0. The maximum absolute atomic E-state index is 13.1. The molecule has 10 heteroatoms. The lowest BCUT2D eigenvalue weighted by Crippen LogP contribution is -2.48. The molecule has 3 N–H and O–H groups in total. The molecule has 3 heterocycles. The summed E-state index contributed by atoms with van der Waals surface area (Å²) in [4.78, 5) is 51.8. The van der Waals surface area contributed by atoms with Crippen molar-refractivity contribution in [1.82, 2.24) is 19.8 Å². The van der Waals surface area contributed by atoms with E-state index in [2.05, 4.69) is 20.6 Å². The zero-order valence-corrected chi connectivity index (χ0v) is 24.8. The first kappa shape index (κ1) is 27.9. The van der Waals surface area contributed by atoms with Crippen LogP contribution in [0.15, 0.2) is 59.5 Å². The Kier molecular flexibility index (Phi) is 7.66. The van der Waals surface area contributed by atoms with E-state index in [-0.39, 0.29) is 29.2 Å². The summed E-state index contributed by atoms with van der Waals surface area (Å²) in [5.74, 6) is 0.116. The van der Waals surface area contributed by atoms with Crippen molar-refractivity contribution in [2.75, 3.05) is 37.8 Å². The smallest absolute Gasteiger partial charge is 0.291 e. The van der Waals surface area contributed by atoms with Crippen molar-refractivity contribution >= 4 is 40.3 Å². The molecule has 1 aliphatic carbocycles. The second-order valence-corrected chi connectivity index (χ2v) is 12.2. The number of nitrogens with one attached hydrogen (secondary N) is 3. The fourth-order valence-electron chi connectivity index (χ4n) is 5.69. The number of piperazine rings is 1. The molecule has 0 spiro atoms. The zero-order valence-electron chi connectivity index (χ0n) is 24.0. The standard InChI is InChI=1S/C32H34N6O3S/c1-19-23(8-6-9-24(19)36-30(39)27-17-21-7-4-5-10-26(21)42-27)25-18-33-31(40)29(35-25)34-22-13-11-20(12-14-22)28-32(41)38(3)16-15-37(28)2/h6,8-9,11-14,17-18,28H,4-5,7,10,15-16H2,1-3H3,(H,33,40)(H,34,35)(H,36,39). The van der Waals surface area contributed by atoms with Crippen LogP contribution in [0.4, 0.5) is 17.2 Å². The minimum atomic E-state index is -0.351. The van der Waals surface area contributed by atoms with Crippen LogP contribution in [0.3, 0.4) is 0 Å². The Labute approximate surface area is 248 Å². The lowest BCUT2D eigenvalue weighted by atomic mass is 9.99. The third kappa shape index (κ3) is 5.47. The summed E-state index contributed by atoms with van der Waals surface area (Å²) in [6.45, 7) is 3.45. The van der Waals surface area contributed by atoms with Crippen LogP contribution >= 0.6 is 11.3 Å². The number of likely N-dealkylation sites (N-methyl/N-ethyl adjacent to an activating group) is 2. The van der Waals surface area contributed by atoms with Crippen LogP contribution in [0.1, 0.15) is 50.1 Å². The van der Waals surface area contributed by atoms with Crippen LogP contribution in [0.5, 0.6) is 0 Å². The number of aryl methyl sites for hydroxylation is 2. The van der Waals surface area contributed by atoms with Crippen molar-refractivity contribution in [3.05, 3.63) is 91.5 Å². The molecule has 1 saturated heterocycles. The van der Waals surface area contributed by atoms with E-state index in [9.17, 15) is 14.4 Å². The number of hydrogen-bond donors (Lipinski definition) is 3. The van der Waals surface area contributed by atoms with Gasteiger partial charge in [-0.15, -0.1) is 11.3 Å². The van der Waals surface area contributed by atoms with Gasteiger partial charge >= 0.3 is 0 Å².